The van der Waals surface area contributed by atoms with Gasteiger partial charge in [0, 0.05) is 29.2 Å². The minimum Gasteiger partial charge on any atom is -0.508 e. The molecule has 0 bridgehead atoms. The number of phenols is 1. The van der Waals surface area contributed by atoms with Crippen LogP contribution in [0.5, 0.6) is 5.75 Å². The number of nitrogens with zero attached hydrogens (tertiary/aromatic N) is 2. The van der Waals surface area contributed by atoms with Crippen molar-refractivity contribution in [3.63, 3.8) is 0 Å². The monoisotopic (exact) mass is 319 g/mol. The summed E-state index contributed by atoms with van der Waals surface area (Å²) in [5.41, 5.74) is 3.16. The van der Waals surface area contributed by atoms with E-state index < -0.39 is 0 Å². The molecule has 0 aliphatic rings. The number of hydrogen-bond donors (Lipinski definition) is 4. The Labute approximate surface area is 136 Å². The Morgan fingerprint density at radius 1 is 1.04 bits per heavy atom. The van der Waals surface area contributed by atoms with Crippen molar-refractivity contribution in [2.45, 2.75) is 0 Å². The van der Waals surface area contributed by atoms with Gasteiger partial charge in [0.25, 0.3) is 5.56 Å². The van der Waals surface area contributed by atoms with Crippen molar-refractivity contribution >= 4 is 22.4 Å². The average molecular weight is 319 g/mol. The van der Waals surface area contributed by atoms with Crippen molar-refractivity contribution in [3.8, 4) is 16.9 Å². The van der Waals surface area contributed by atoms with Crippen molar-refractivity contribution < 1.29 is 5.11 Å². The van der Waals surface area contributed by atoms with E-state index in [-0.39, 0.29) is 11.3 Å². The molecule has 118 valence electrons. The summed E-state index contributed by atoms with van der Waals surface area (Å²) < 4.78 is 0. The number of fused-ring (bicyclic) bond motifs is 1. The lowest BCUT2D eigenvalue weighted by molar-refractivity contribution is 0.475. The molecule has 0 atom stereocenters. The quantitative estimate of drug-likeness (QED) is 0.434. The topological polar surface area (TPSA) is 107 Å². The molecular weight excluding hydrogens is 306 g/mol. The first-order valence-electron chi connectivity index (χ1n) is 7.29. The summed E-state index contributed by atoms with van der Waals surface area (Å²) in [6.45, 7) is 0. The van der Waals surface area contributed by atoms with E-state index >= 15 is 0 Å². The molecule has 4 rings (SSSR count). The van der Waals surface area contributed by atoms with Gasteiger partial charge in [0.15, 0.2) is 5.65 Å². The molecule has 0 spiro atoms. The first-order valence-corrected chi connectivity index (χ1v) is 7.29. The predicted molar refractivity (Wildman–Crippen MR) is 91.3 cm³/mol. The van der Waals surface area contributed by atoms with Gasteiger partial charge in [0.2, 0.25) is 0 Å². The number of hydrogen-bond acceptors (Lipinski definition) is 5. The third-order valence-electron chi connectivity index (χ3n) is 3.73. The SMILES string of the molecule is O=c1[nH]cccc1-c1cnnc2[nH]cc(Nc3ccc(O)cc3)c12. The van der Waals surface area contributed by atoms with E-state index in [2.05, 4.69) is 25.5 Å². The largest absolute Gasteiger partial charge is 0.508 e. The van der Waals surface area contributed by atoms with Gasteiger partial charge in [-0.15, -0.1) is 5.10 Å². The minimum atomic E-state index is -0.191. The van der Waals surface area contributed by atoms with Gasteiger partial charge >= 0.3 is 0 Å². The number of benzene rings is 1. The average Bonchev–Trinajstić information content (AvgIpc) is 3.01. The lowest BCUT2D eigenvalue weighted by Crippen LogP contribution is -2.07. The Morgan fingerprint density at radius 3 is 2.67 bits per heavy atom. The molecule has 0 aliphatic heterocycles. The van der Waals surface area contributed by atoms with Crippen LogP contribution in [0.1, 0.15) is 0 Å². The highest BCUT2D eigenvalue weighted by Crippen LogP contribution is 2.32. The van der Waals surface area contributed by atoms with Crippen LogP contribution >= 0.6 is 0 Å². The molecule has 7 nitrogen and oxygen atoms in total. The number of aromatic nitrogens is 4. The summed E-state index contributed by atoms with van der Waals surface area (Å²) in [6.07, 6.45) is 4.93. The van der Waals surface area contributed by atoms with Crippen molar-refractivity contribution in [2.75, 3.05) is 5.32 Å². The Hall–Kier alpha value is -3.61. The van der Waals surface area contributed by atoms with Gasteiger partial charge in [-0.05, 0) is 36.4 Å². The standard InChI is InChI=1S/C17H13N5O2/c23-11-5-3-10(4-6-11)21-14-9-19-16-15(14)13(8-20-22-16)12-2-1-7-18-17(12)24/h1-9,21,23H,(H,18,24)(H,19,22). The molecule has 4 N–H and O–H groups in total. The summed E-state index contributed by atoms with van der Waals surface area (Å²) in [5.74, 6) is 0.196. The smallest absolute Gasteiger partial charge is 0.255 e. The summed E-state index contributed by atoms with van der Waals surface area (Å²) in [6, 6.07) is 10.2. The van der Waals surface area contributed by atoms with E-state index in [9.17, 15) is 9.90 Å². The van der Waals surface area contributed by atoms with Crippen LogP contribution in [0.2, 0.25) is 0 Å². The maximum absolute atomic E-state index is 12.1. The molecule has 7 heteroatoms. The van der Waals surface area contributed by atoms with Crippen molar-refractivity contribution in [1.29, 1.82) is 0 Å². The second kappa shape index (κ2) is 5.54. The Bertz CT molecular complexity index is 1070. The van der Waals surface area contributed by atoms with Gasteiger partial charge in [-0.3, -0.25) is 4.79 Å². The fourth-order valence-corrected chi connectivity index (χ4v) is 2.61. The number of aromatic amines is 2. The summed E-state index contributed by atoms with van der Waals surface area (Å²) in [4.78, 5) is 17.9. The molecule has 0 fully saturated rings. The van der Waals surface area contributed by atoms with E-state index in [1.54, 1.807) is 55.0 Å². The zero-order valence-corrected chi connectivity index (χ0v) is 12.4. The van der Waals surface area contributed by atoms with Gasteiger partial charge in [-0.25, -0.2) is 0 Å². The summed E-state index contributed by atoms with van der Waals surface area (Å²) in [5, 5.41) is 21.5. The van der Waals surface area contributed by atoms with Gasteiger partial charge in [-0.1, -0.05) is 0 Å². The fourth-order valence-electron chi connectivity index (χ4n) is 2.61. The maximum atomic E-state index is 12.1. The zero-order valence-electron chi connectivity index (χ0n) is 12.4. The third kappa shape index (κ3) is 2.38. The summed E-state index contributed by atoms with van der Waals surface area (Å²) in [7, 11) is 0. The molecule has 3 aromatic heterocycles. The predicted octanol–water partition coefficient (Wildman–Crippen LogP) is 2.76. The molecule has 4 aromatic rings. The molecule has 24 heavy (non-hydrogen) atoms. The van der Waals surface area contributed by atoms with Gasteiger partial charge in [0.05, 0.1) is 17.3 Å². The van der Waals surface area contributed by atoms with Crippen molar-refractivity contribution in [2.24, 2.45) is 0 Å². The Kier molecular flexibility index (Phi) is 3.24. The molecule has 0 unspecified atom stereocenters. The third-order valence-corrected chi connectivity index (χ3v) is 3.73. The van der Waals surface area contributed by atoms with E-state index in [1.165, 1.54) is 0 Å². The number of phenolic OH excluding ortho intramolecular Hbond substituents is 1. The number of H-pyrrole nitrogens is 2. The number of nitrogens with one attached hydrogen (secondary N) is 3. The first kappa shape index (κ1) is 14.0. The van der Waals surface area contributed by atoms with Crippen LogP contribution in [-0.2, 0) is 0 Å². The second-order valence-electron chi connectivity index (χ2n) is 5.27. The van der Waals surface area contributed by atoms with Crippen LogP contribution in [0.4, 0.5) is 11.4 Å². The lowest BCUT2D eigenvalue weighted by atomic mass is 10.1. The van der Waals surface area contributed by atoms with Crippen LogP contribution < -0.4 is 10.9 Å². The van der Waals surface area contributed by atoms with Crippen LogP contribution in [0.25, 0.3) is 22.2 Å². The highest BCUT2D eigenvalue weighted by Gasteiger charge is 2.14. The molecule has 0 radical (unpaired) electrons. The van der Waals surface area contributed by atoms with E-state index in [4.69, 9.17) is 0 Å². The minimum absolute atomic E-state index is 0.191. The van der Waals surface area contributed by atoms with Crippen LogP contribution in [0.15, 0.2) is 59.8 Å². The second-order valence-corrected chi connectivity index (χ2v) is 5.27. The Balaban J connectivity index is 1.87. The number of pyridine rings is 1. The molecular formula is C17H13N5O2. The highest BCUT2D eigenvalue weighted by molar-refractivity contribution is 6.02. The maximum Gasteiger partial charge on any atom is 0.255 e. The summed E-state index contributed by atoms with van der Waals surface area (Å²) >= 11 is 0. The van der Waals surface area contributed by atoms with E-state index in [1.807, 2.05) is 0 Å². The van der Waals surface area contributed by atoms with Gasteiger partial charge < -0.3 is 20.4 Å². The van der Waals surface area contributed by atoms with Crippen molar-refractivity contribution in [3.05, 3.63) is 65.3 Å². The number of aromatic hydroxyl groups is 1. The molecule has 0 aliphatic carbocycles. The molecule has 0 saturated heterocycles. The Morgan fingerprint density at radius 2 is 1.88 bits per heavy atom. The number of anilines is 2. The molecule has 3 heterocycles. The number of rotatable bonds is 3. The van der Waals surface area contributed by atoms with Crippen LogP contribution in [0, 0.1) is 0 Å². The van der Waals surface area contributed by atoms with Crippen molar-refractivity contribution in [1.82, 2.24) is 20.2 Å². The van der Waals surface area contributed by atoms with Crippen LogP contribution in [0.3, 0.4) is 0 Å². The lowest BCUT2D eigenvalue weighted by Gasteiger charge is -2.07. The van der Waals surface area contributed by atoms with Gasteiger partial charge in [-0.2, -0.15) is 5.10 Å². The van der Waals surface area contributed by atoms with E-state index in [0.717, 1.165) is 16.8 Å². The first-order chi connectivity index (χ1) is 11.7. The molecule has 1 aromatic carbocycles. The molecule has 0 amide bonds. The van der Waals surface area contributed by atoms with Gasteiger partial charge in [0.1, 0.15) is 5.75 Å². The van der Waals surface area contributed by atoms with E-state index in [0.29, 0.717) is 16.8 Å². The molecule has 0 saturated carbocycles. The van der Waals surface area contributed by atoms with Crippen LogP contribution in [-0.4, -0.2) is 25.3 Å². The fraction of sp³-hybridized carbons (Fsp3) is 0. The highest BCUT2D eigenvalue weighted by atomic mass is 16.3. The zero-order chi connectivity index (χ0) is 16.5. The normalized spacial score (nSPS) is 10.8.